The SMILES string of the molecule is COc1ccc(C(=O)COC2CCC[N+](C)(CCC(=O)OCCCCCOC(=O)CC[N+]3(C)CCCC(OCC(=O)c4ccc(OC)c(OC)c4)C3)C2)cc1OC.[Br-].[Br-]. The molecule has 0 N–H and O–H groups in total. The molecule has 0 amide bonds. The van der Waals surface area contributed by atoms with Gasteiger partial charge in [-0.15, -0.1) is 0 Å². The second kappa shape index (κ2) is 26.1. The maximum absolute atomic E-state index is 12.8. The highest BCUT2D eigenvalue weighted by molar-refractivity contribution is 5.98. The third-order valence-corrected chi connectivity index (χ3v) is 11.1. The summed E-state index contributed by atoms with van der Waals surface area (Å²) in [6.07, 6.45) is 6.31. The maximum Gasteiger partial charge on any atom is 0.311 e. The van der Waals surface area contributed by atoms with E-state index in [0.717, 1.165) is 58.3 Å². The van der Waals surface area contributed by atoms with E-state index in [9.17, 15) is 19.2 Å². The Morgan fingerprint density at radius 3 is 1.34 bits per heavy atom. The van der Waals surface area contributed by atoms with E-state index < -0.39 is 0 Å². The lowest BCUT2D eigenvalue weighted by atomic mass is 10.0. The summed E-state index contributed by atoms with van der Waals surface area (Å²) in [5.74, 6) is 1.43. The first-order chi connectivity index (χ1) is 27.4. The van der Waals surface area contributed by atoms with E-state index in [2.05, 4.69) is 14.1 Å². The first kappa shape index (κ1) is 51.9. The number of likely N-dealkylation sites (tertiary alicyclic amines) is 2. The zero-order chi connectivity index (χ0) is 41.3. The zero-order valence-electron chi connectivity index (χ0n) is 35.6. The molecule has 2 fully saturated rings. The number of hydrogen-bond donors (Lipinski definition) is 0. The van der Waals surface area contributed by atoms with Gasteiger partial charge in [0.1, 0.15) is 38.5 Å². The molecule has 0 radical (unpaired) electrons. The minimum Gasteiger partial charge on any atom is -1.00 e. The van der Waals surface area contributed by atoms with Crippen molar-refractivity contribution in [1.29, 1.82) is 0 Å². The van der Waals surface area contributed by atoms with E-state index >= 15 is 0 Å². The third-order valence-electron chi connectivity index (χ3n) is 11.1. The fourth-order valence-electron chi connectivity index (χ4n) is 7.62. The van der Waals surface area contributed by atoms with Crippen LogP contribution in [0.15, 0.2) is 36.4 Å². The molecular formula is C43H64Br2N2O12. The lowest BCUT2D eigenvalue weighted by Crippen LogP contribution is -3.00. The number of unbranched alkanes of at least 4 members (excludes halogenated alkanes) is 2. The molecule has 2 aliphatic rings. The van der Waals surface area contributed by atoms with E-state index in [0.29, 0.717) is 95.1 Å². The predicted molar refractivity (Wildman–Crippen MR) is 212 cm³/mol. The Balaban J connectivity index is 0.00000600. The van der Waals surface area contributed by atoms with Crippen molar-refractivity contribution in [3.8, 4) is 23.0 Å². The molecule has 2 aromatic carbocycles. The Morgan fingerprint density at radius 2 is 0.966 bits per heavy atom. The minimum atomic E-state index is -0.223. The molecule has 2 saturated heterocycles. The van der Waals surface area contributed by atoms with Crippen LogP contribution in [0.5, 0.6) is 23.0 Å². The lowest BCUT2D eigenvalue weighted by Gasteiger charge is -2.41. The fraction of sp³-hybridized carbons (Fsp3) is 0.628. The first-order valence-corrected chi connectivity index (χ1v) is 20.1. The molecule has 59 heavy (non-hydrogen) atoms. The number of methoxy groups -OCH3 is 4. The van der Waals surface area contributed by atoms with Gasteiger partial charge in [0.15, 0.2) is 34.6 Å². The van der Waals surface area contributed by atoms with Crippen LogP contribution in [-0.4, -0.2) is 153 Å². The van der Waals surface area contributed by atoms with Gasteiger partial charge in [0.05, 0.1) is 94.8 Å². The van der Waals surface area contributed by atoms with Gasteiger partial charge < -0.3 is 80.8 Å². The molecule has 4 atom stereocenters. The quantitative estimate of drug-likeness (QED) is 0.0557. The van der Waals surface area contributed by atoms with Gasteiger partial charge in [-0.25, -0.2) is 0 Å². The normalized spacial score (nSPS) is 21.2. The Morgan fingerprint density at radius 1 is 0.576 bits per heavy atom. The molecular weight excluding hydrogens is 896 g/mol. The summed E-state index contributed by atoms with van der Waals surface area (Å²) in [4.78, 5) is 50.7. The van der Waals surface area contributed by atoms with Gasteiger partial charge in [-0.05, 0) is 81.3 Å². The number of esters is 2. The van der Waals surface area contributed by atoms with Crippen LogP contribution >= 0.6 is 0 Å². The van der Waals surface area contributed by atoms with Crippen LogP contribution in [0.2, 0.25) is 0 Å². The summed E-state index contributed by atoms with van der Waals surface area (Å²) in [5.41, 5.74) is 1.01. The van der Waals surface area contributed by atoms with Crippen molar-refractivity contribution in [2.24, 2.45) is 0 Å². The molecule has 0 spiro atoms. The summed E-state index contributed by atoms with van der Waals surface area (Å²) in [6, 6.07) is 10.2. The van der Waals surface area contributed by atoms with Crippen molar-refractivity contribution in [1.82, 2.24) is 0 Å². The van der Waals surface area contributed by atoms with Crippen LogP contribution in [0.25, 0.3) is 0 Å². The summed E-state index contributed by atoms with van der Waals surface area (Å²) in [6.45, 7) is 5.23. The molecule has 14 nitrogen and oxygen atoms in total. The maximum atomic E-state index is 12.8. The largest absolute Gasteiger partial charge is 1.00 e. The van der Waals surface area contributed by atoms with Crippen molar-refractivity contribution in [2.45, 2.75) is 70.0 Å². The predicted octanol–water partition coefficient (Wildman–Crippen LogP) is -0.917. The lowest BCUT2D eigenvalue weighted by molar-refractivity contribution is -0.916. The fourth-order valence-corrected chi connectivity index (χ4v) is 7.62. The topological polar surface area (TPSA) is 142 Å². The van der Waals surface area contributed by atoms with Crippen LogP contribution in [0.4, 0.5) is 0 Å². The molecule has 332 valence electrons. The third kappa shape index (κ3) is 17.0. The van der Waals surface area contributed by atoms with Crippen molar-refractivity contribution < 1.29 is 100 Å². The minimum absolute atomic E-state index is 0. The Hall–Kier alpha value is -3.28. The van der Waals surface area contributed by atoms with Gasteiger partial charge >= 0.3 is 11.9 Å². The van der Waals surface area contributed by atoms with Crippen LogP contribution < -0.4 is 52.9 Å². The highest BCUT2D eigenvalue weighted by Crippen LogP contribution is 2.29. The van der Waals surface area contributed by atoms with Crippen molar-refractivity contribution in [3.05, 3.63) is 47.5 Å². The number of Topliss-reactive ketones (excluding diaryl/α,β-unsaturated/α-hetero) is 2. The molecule has 4 rings (SSSR count). The molecule has 2 aromatic rings. The van der Waals surface area contributed by atoms with Gasteiger partial charge in [0.25, 0.3) is 0 Å². The van der Waals surface area contributed by atoms with E-state index in [1.165, 1.54) is 14.2 Å². The Kier molecular flexibility index (Phi) is 23.0. The molecule has 0 bridgehead atoms. The first-order valence-electron chi connectivity index (χ1n) is 20.1. The number of rotatable bonds is 24. The average Bonchev–Trinajstić information content (AvgIpc) is 3.22. The summed E-state index contributed by atoms with van der Waals surface area (Å²) in [7, 11) is 10.4. The van der Waals surface area contributed by atoms with E-state index in [1.807, 2.05) is 0 Å². The highest BCUT2D eigenvalue weighted by Gasteiger charge is 2.34. The number of quaternary nitrogens is 2. The molecule has 16 heteroatoms. The molecule has 0 aliphatic carbocycles. The van der Waals surface area contributed by atoms with Crippen LogP contribution in [0.1, 0.15) is 78.5 Å². The van der Waals surface area contributed by atoms with Gasteiger partial charge in [-0.1, -0.05) is 0 Å². The number of hydrogen-bond acceptors (Lipinski definition) is 12. The molecule has 2 aliphatic heterocycles. The van der Waals surface area contributed by atoms with Gasteiger partial charge in [0.2, 0.25) is 0 Å². The van der Waals surface area contributed by atoms with Crippen LogP contribution in [0, 0.1) is 0 Å². The molecule has 0 saturated carbocycles. The monoisotopic (exact) mass is 958 g/mol. The second-order valence-corrected chi connectivity index (χ2v) is 15.6. The van der Waals surface area contributed by atoms with E-state index in [1.54, 1.807) is 50.6 Å². The van der Waals surface area contributed by atoms with Crippen molar-refractivity contribution in [2.75, 3.05) is 108 Å². The number of ether oxygens (including phenoxy) is 8. The van der Waals surface area contributed by atoms with E-state index in [-0.39, 0.29) is 82.9 Å². The van der Waals surface area contributed by atoms with Gasteiger partial charge in [0, 0.05) is 11.1 Å². The van der Waals surface area contributed by atoms with Crippen molar-refractivity contribution >= 4 is 23.5 Å². The summed E-state index contributed by atoms with van der Waals surface area (Å²) >= 11 is 0. The van der Waals surface area contributed by atoms with Crippen LogP contribution in [-0.2, 0) is 28.5 Å². The van der Waals surface area contributed by atoms with E-state index in [4.69, 9.17) is 37.9 Å². The number of piperidine rings is 2. The Bertz CT molecular complexity index is 1530. The zero-order valence-corrected chi connectivity index (χ0v) is 38.8. The number of halogens is 2. The summed E-state index contributed by atoms with van der Waals surface area (Å²) in [5, 5.41) is 0. The number of carbonyl (C=O) groups is 4. The smallest absolute Gasteiger partial charge is 0.311 e. The van der Waals surface area contributed by atoms with Crippen LogP contribution in [0.3, 0.4) is 0 Å². The van der Waals surface area contributed by atoms with Gasteiger partial charge in [-0.3, -0.25) is 19.2 Å². The van der Waals surface area contributed by atoms with Crippen molar-refractivity contribution in [3.63, 3.8) is 0 Å². The Labute approximate surface area is 370 Å². The second-order valence-electron chi connectivity index (χ2n) is 15.6. The average molecular weight is 961 g/mol. The standard InChI is InChI=1S/C43H64N2O12.2BrH/c1-44(20-10-12-34(28-44)56-30-36(46)32-14-16-38(50-3)40(26-32)52-5)22-18-42(48)54-24-8-7-9-25-55-43(49)19-23-45(2)21-11-13-35(29-45)57-31-37(47)33-15-17-39(51-4)41(27-33)53-6;;/h14-17,26-27,34-35H,7-13,18-25,28-31H2,1-6H3;2*1H/q+2;;/p-2. The number of benzene rings is 2. The number of likely N-dealkylation sites (N-methyl/N-ethyl adjacent to an activating group) is 2. The summed E-state index contributed by atoms with van der Waals surface area (Å²) < 4.78 is 45.6. The molecule has 2 heterocycles. The number of carbonyl (C=O) groups excluding carboxylic acids is 4. The molecule has 0 aromatic heterocycles. The number of nitrogens with zero attached hydrogens (tertiary/aromatic N) is 2. The molecule has 4 unspecified atom stereocenters. The van der Waals surface area contributed by atoms with Gasteiger partial charge in [-0.2, -0.15) is 0 Å². The highest BCUT2D eigenvalue weighted by atomic mass is 79.9. The number of ketones is 2.